The number of carbonyl (C=O) groups is 1. The number of carbonyl (C=O) groups excluding carboxylic acids is 1. The Bertz CT molecular complexity index is 804. The van der Waals surface area contributed by atoms with E-state index < -0.39 is 10.0 Å². The van der Waals surface area contributed by atoms with E-state index in [2.05, 4.69) is 6.92 Å². The summed E-state index contributed by atoms with van der Waals surface area (Å²) in [6, 6.07) is 6.38. The Labute approximate surface area is 155 Å². The van der Waals surface area contributed by atoms with Crippen LogP contribution >= 0.6 is 0 Å². The van der Waals surface area contributed by atoms with E-state index in [1.807, 2.05) is 6.08 Å². The van der Waals surface area contributed by atoms with Crippen LogP contribution < -0.4 is 0 Å². The lowest BCUT2D eigenvalue weighted by Crippen LogP contribution is -2.42. The lowest BCUT2D eigenvalue weighted by atomic mass is 10.1. The van der Waals surface area contributed by atoms with Gasteiger partial charge in [0.05, 0.1) is 11.0 Å². The number of amides is 1. The molecule has 0 N–H and O–H groups in total. The molecule has 2 aliphatic heterocycles. The molecule has 0 unspecified atom stereocenters. The molecule has 1 amide bonds. The summed E-state index contributed by atoms with van der Waals surface area (Å²) in [4.78, 5) is 14.6. The molecular weight excluding hydrogens is 352 g/mol. The Kier molecular flexibility index (Phi) is 5.79. The molecule has 0 aliphatic carbocycles. The fraction of sp³-hybridized carbons (Fsp3) is 0.526. The number of hydrogen-bond donors (Lipinski definition) is 0. The monoisotopic (exact) mass is 378 g/mol. The van der Waals surface area contributed by atoms with E-state index in [1.54, 1.807) is 30.2 Å². The predicted molar refractivity (Wildman–Crippen MR) is 99.5 cm³/mol. The standard InChI is InChI=1S/C19H26N2O4S/c1-15-8-11-20(12-9-15)19(22)16-5-3-7-18(13-16)26(23,24)21-10-4-6-17(14-21)25-2/h3,5,7-8,13,17H,4,6,9-12,14H2,1-2H3/t17-/m1/s1. The lowest BCUT2D eigenvalue weighted by Gasteiger charge is -2.31. The number of hydrogen-bond acceptors (Lipinski definition) is 4. The van der Waals surface area contributed by atoms with Crippen LogP contribution in [-0.2, 0) is 14.8 Å². The minimum Gasteiger partial charge on any atom is -0.380 e. The van der Waals surface area contributed by atoms with Crippen molar-refractivity contribution in [2.45, 2.75) is 37.2 Å². The van der Waals surface area contributed by atoms with E-state index >= 15 is 0 Å². The fourth-order valence-corrected chi connectivity index (χ4v) is 4.95. The van der Waals surface area contributed by atoms with E-state index in [4.69, 9.17) is 4.74 Å². The quantitative estimate of drug-likeness (QED) is 0.754. The van der Waals surface area contributed by atoms with E-state index in [1.165, 1.54) is 15.9 Å². The van der Waals surface area contributed by atoms with E-state index in [0.29, 0.717) is 31.7 Å². The molecule has 3 rings (SSSR count). The normalized spacial score (nSPS) is 22.2. The second-order valence-electron chi connectivity index (χ2n) is 6.94. The van der Waals surface area contributed by atoms with E-state index in [0.717, 1.165) is 19.3 Å². The summed E-state index contributed by atoms with van der Waals surface area (Å²) < 4.78 is 32.7. The molecule has 0 aromatic heterocycles. The van der Waals surface area contributed by atoms with Crippen LogP contribution in [0.1, 0.15) is 36.5 Å². The summed E-state index contributed by atoms with van der Waals surface area (Å²) in [5.74, 6) is -0.126. The molecule has 7 heteroatoms. The van der Waals surface area contributed by atoms with Gasteiger partial charge < -0.3 is 9.64 Å². The Morgan fingerprint density at radius 2 is 2.08 bits per heavy atom. The van der Waals surface area contributed by atoms with Crippen molar-refractivity contribution in [3.8, 4) is 0 Å². The second kappa shape index (κ2) is 7.90. The van der Waals surface area contributed by atoms with Crippen molar-refractivity contribution in [3.63, 3.8) is 0 Å². The number of ether oxygens (including phenoxy) is 1. The summed E-state index contributed by atoms with van der Waals surface area (Å²) in [6.07, 6.45) is 4.46. The molecule has 0 bridgehead atoms. The first-order chi connectivity index (χ1) is 12.4. The van der Waals surface area contributed by atoms with E-state index in [9.17, 15) is 13.2 Å². The summed E-state index contributed by atoms with van der Waals surface area (Å²) in [7, 11) is -2.02. The van der Waals surface area contributed by atoms with Crippen molar-refractivity contribution >= 4 is 15.9 Å². The molecule has 142 valence electrons. The highest BCUT2D eigenvalue weighted by Crippen LogP contribution is 2.23. The molecular formula is C19H26N2O4S. The molecule has 1 fully saturated rings. The van der Waals surface area contributed by atoms with Gasteiger partial charge in [0, 0.05) is 38.9 Å². The van der Waals surface area contributed by atoms with Crippen LogP contribution in [0.25, 0.3) is 0 Å². The minimum atomic E-state index is -3.63. The Morgan fingerprint density at radius 1 is 1.27 bits per heavy atom. The van der Waals surface area contributed by atoms with Gasteiger partial charge >= 0.3 is 0 Å². The van der Waals surface area contributed by atoms with Crippen LogP contribution in [-0.4, -0.2) is 62.9 Å². The van der Waals surface area contributed by atoms with Crippen molar-refractivity contribution in [3.05, 3.63) is 41.5 Å². The van der Waals surface area contributed by atoms with Gasteiger partial charge in [0.2, 0.25) is 10.0 Å². The van der Waals surface area contributed by atoms with Crippen molar-refractivity contribution in [2.24, 2.45) is 0 Å². The molecule has 0 spiro atoms. The molecule has 26 heavy (non-hydrogen) atoms. The molecule has 0 radical (unpaired) electrons. The third-order valence-corrected chi connectivity index (χ3v) is 6.98. The number of benzene rings is 1. The molecule has 0 saturated carbocycles. The number of piperidine rings is 1. The molecule has 1 aromatic carbocycles. The smallest absolute Gasteiger partial charge is 0.254 e. The van der Waals surface area contributed by atoms with Gasteiger partial charge in [-0.15, -0.1) is 0 Å². The zero-order valence-electron chi connectivity index (χ0n) is 15.3. The maximum Gasteiger partial charge on any atom is 0.254 e. The Hall–Kier alpha value is -1.70. The van der Waals surface area contributed by atoms with Gasteiger partial charge in [0.1, 0.15) is 0 Å². The first kappa shape index (κ1) is 19.1. The van der Waals surface area contributed by atoms with Crippen LogP contribution in [0.3, 0.4) is 0 Å². The van der Waals surface area contributed by atoms with Crippen molar-refractivity contribution < 1.29 is 17.9 Å². The summed E-state index contributed by atoms with van der Waals surface area (Å²) >= 11 is 0. The number of methoxy groups -OCH3 is 1. The molecule has 1 aromatic rings. The topological polar surface area (TPSA) is 66.9 Å². The molecule has 1 saturated heterocycles. The predicted octanol–water partition coefficient (Wildman–Crippen LogP) is 2.28. The van der Waals surface area contributed by atoms with Crippen LogP contribution in [0, 0.1) is 0 Å². The van der Waals surface area contributed by atoms with Gasteiger partial charge in [0.15, 0.2) is 0 Å². The van der Waals surface area contributed by atoms with Crippen LogP contribution in [0.4, 0.5) is 0 Å². The second-order valence-corrected chi connectivity index (χ2v) is 8.88. The van der Waals surface area contributed by atoms with Crippen molar-refractivity contribution in [2.75, 3.05) is 33.3 Å². The number of rotatable bonds is 4. The highest BCUT2D eigenvalue weighted by atomic mass is 32.2. The van der Waals surface area contributed by atoms with Crippen LogP contribution in [0.5, 0.6) is 0 Å². The summed E-state index contributed by atoms with van der Waals surface area (Å²) in [5.41, 5.74) is 1.70. The Morgan fingerprint density at radius 3 is 2.77 bits per heavy atom. The first-order valence-corrected chi connectivity index (χ1v) is 10.4. The zero-order chi connectivity index (χ0) is 18.7. The van der Waals surface area contributed by atoms with Gasteiger partial charge in [-0.25, -0.2) is 8.42 Å². The molecule has 2 heterocycles. The minimum absolute atomic E-state index is 0.0771. The largest absolute Gasteiger partial charge is 0.380 e. The van der Waals surface area contributed by atoms with Gasteiger partial charge in [-0.3, -0.25) is 4.79 Å². The van der Waals surface area contributed by atoms with Crippen LogP contribution in [0.15, 0.2) is 40.8 Å². The van der Waals surface area contributed by atoms with Gasteiger partial charge in [-0.2, -0.15) is 4.31 Å². The SMILES string of the molecule is CO[C@@H]1CCCN(S(=O)(=O)c2cccc(C(=O)N3CC=C(C)CC3)c2)C1. The molecule has 1 atom stereocenters. The van der Waals surface area contributed by atoms with Gasteiger partial charge in [-0.1, -0.05) is 17.7 Å². The summed E-state index contributed by atoms with van der Waals surface area (Å²) in [6.45, 7) is 4.13. The highest BCUT2D eigenvalue weighted by Gasteiger charge is 2.31. The third-order valence-electron chi connectivity index (χ3n) is 5.12. The average molecular weight is 378 g/mol. The number of sulfonamides is 1. The van der Waals surface area contributed by atoms with Gasteiger partial charge in [-0.05, 0) is 44.4 Å². The van der Waals surface area contributed by atoms with Crippen molar-refractivity contribution in [1.29, 1.82) is 0 Å². The maximum absolute atomic E-state index is 13.0. The highest BCUT2D eigenvalue weighted by molar-refractivity contribution is 7.89. The van der Waals surface area contributed by atoms with Crippen LogP contribution in [0.2, 0.25) is 0 Å². The average Bonchev–Trinajstić information content (AvgIpc) is 2.68. The number of nitrogens with zero attached hydrogens (tertiary/aromatic N) is 2. The maximum atomic E-state index is 13.0. The lowest BCUT2D eigenvalue weighted by molar-refractivity contribution is 0.0572. The van der Waals surface area contributed by atoms with E-state index in [-0.39, 0.29) is 16.9 Å². The molecule has 2 aliphatic rings. The Balaban J connectivity index is 1.81. The fourth-order valence-electron chi connectivity index (χ4n) is 3.39. The molecule has 6 nitrogen and oxygen atoms in total. The van der Waals surface area contributed by atoms with Crippen molar-refractivity contribution in [1.82, 2.24) is 9.21 Å². The third kappa shape index (κ3) is 4.00. The first-order valence-electron chi connectivity index (χ1n) is 8.99. The zero-order valence-corrected chi connectivity index (χ0v) is 16.2. The summed E-state index contributed by atoms with van der Waals surface area (Å²) in [5, 5.41) is 0. The van der Waals surface area contributed by atoms with Gasteiger partial charge in [0.25, 0.3) is 5.91 Å².